The van der Waals surface area contributed by atoms with Crippen LogP contribution in [0, 0.1) is 0 Å². The van der Waals surface area contributed by atoms with Gasteiger partial charge < -0.3 is 13.8 Å². The van der Waals surface area contributed by atoms with Crippen LogP contribution < -0.4 is 9.05 Å². The number of phosphoric acid groups is 1. The number of benzene rings is 2. The third kappa shape index (κ3) is 10.8. The van der Waals surface area contributed by atoms with Gasteiger partial charge in [0.15, 0.2) is 0 Å². The molecule has 0 radical (unpaired) electrons. The van der Waals surface area contributed by atoms with Crippen LogP contribution in [-0.2, 0) is 13.8 Å². The Morgan fingerprint density at radius 3 is 1.70 bits per heavy atom. The van der Waals surface area contributed by atoms with Gasteiger partial charge in [-0.3, -0.25) is 4.90 Å². The van der Waals surface area contributed by atoms with Crippen molar-refractivity contribution in [2.24, 2.45) is 0 Å². The van der Waals surface area contributed by atoms with Gasteiger partial charge in [0.05, 0.1) is 0 Å². The van der Waals surface area contributed by atoms with Crippen LogP contribution in [0.4, 0.5) is 4.79 Å². The van der Waals surface area contributed by atoms with E-state index in [2.05, 4.69) is 0 Å². The van der Waals surface area contributed by atoms with E-state index in [1.807, 2.05) is 32.9 Å². The summed E-state index contributed by atoms with van der Waals surface area (Å²) in [5, 5.41) is 0. The zero-order chi connectivity index (χ0) is 26.6. The average Bonchev–Trinajstić information content (AvgIpc) is 2.86. The molecule has 1 heterocycles. The highest BCUT2D eigenvalue weighted by molar-refractivity contribution is 7.49. The number of amides is 1. The summed E-state index contributed by atoms with van der Waals surface area (Å²) >= 11 is 0. The molecule has 0 bridgehead atoms. The average molecular weight is 532 g/mol. The van der Waals surface area contributed by atoms with E-state index in [0.29, 0.717) is 24.5 Å². The highest BCUT2D eigenvalue weighted by Gasteiger charge is 2.39. The SMILES string of the molecule is CC(C)(C)OC(=O)N1CCCCCCCCCCCC1OP(=O)(Oc1ccccc1)Oc1ccccc1. The van der Waals surface area contributed by atoms with Crippen LogP contribution in [0.2, 0.25) is 0 Å². The molecule has 1 saturated heterocycles. The standard InChI is InChI=1S/C29H42NO6P/c1-29(2,3)33-28(31)30-24-18-10-8-6-4-5-7-9-17-23-27(30)36-37(32,34-25-19-13-11-14-20-25)35-26-21-15-12-16-22-26/h11-16,19-22,27H,4-10,17-18,23-24H2,1-3H3. The first kappa shape index (κ1) is 29.1. The molecule has 0 aromatic heterocycles. The number of hydrogen-bond acceptors (Lipinski definition) is 6. The summed E-state index contributed by atoms with van der Waals surface area (Å²) in [4.78, 5) is 14.9. The second-order valence-electron chi connectivity index (χ2n) is 10.5. The largest absolute Gasteiger partial charge is 0.589 e. The van der Waals surface area contributed by atoms with Gasteiger partial charge in [-0.25, -0.2) is 13.9 Å². The predicted molar refractivity (Wildman–Crippen MR) is 146 cm³/mol. The first-order valence-corrected chi connectivity index (χ1v) is 15.0. The maximum atomic E-state index is 14.2. The van der Waals surface area contributed by atoms with E-state index < -0.39 is 25.7 Å². The van der Waals surface area contributed by atoms with E-state index in [0.717, 1.165) is 38.5 Å². The van der Waals surface area contributed by atoms with E-state index >= 15 is 0 Å². The molecule has 0 spiro atoms. The van der Waals surface area contributed by atoms with Gasteiger partial charge in [-0.2, -0.15) is 0 Å². The van der Waals surface area contributed by atoms with Crippen LogP contribution in [0.5, 0.6) is 11.5 Å². The summed E-state index contributed by atoms with van der Waals surface area (Å²) in [6.07, 6.45) is 8.72. The Bertz CT molecular complexity index is 933. The quantitative estimate of drug-likeness (QED) is 0.347. The molecule has 204 valence electrons. The fourth-order valence-electron chi connectivity index (χ4n) is 4.21. The van der Waals surface area contributed by atoms with Gasteiger partial charge in [0.1, 0.15) is 23.3 Å². The van der Waals surface area contributed by atoms with Crippen molar-refractivity contribution < 1.29 is 27.7 Å². The lowest BCUT2D eigenvalue weighted by molar-refractivity contribution is -0.0311. The van der Waals surface area contributed by atoms with E-state index in [1.165, 1.54) is 19.3 Å². The second kappa shape index (κ2) is 14.4. The Kier molecular flexibility index (Phi) is 11.3. The summed E-state index contributed by atoms with van der Waals surface area (Å²) in [5.41, 5.74) is -0.673. The van der Waals surface area contributed by atoms with Crippen LogP contribution in [-0.4, -0.2) is 29.4 Å². The Hall–Kier alpha value is -2.50. The third-order valence-electron chi connectivity index (χ3n) is 6.00. The number of phosphoric ester groups is 1. The van der Waals surface area contributed by atoms with Gasteiger partial charge in [-0.15, -0.1) is 0 Å². The number of rotatable bonds is 6. The van der Waals surface area contributed by atoms with Crippen molar-refractivity contribution >= 4 is 13.9 Å². The topological polar surface area (TPSA) is 74.3 Å². The lowest BCUT2D eigenvalue weighted by atomic mass is 10.1. The Balaban J connectivity index is 1.91. The number of carbonyl (C=O) groups excluding carboxylic acids is 1. The zero-order valence-corrected chi connectivity index (χ0v) is 23.4. The fourth-order valence-corrected chi connectivity index (χ4v) is 5.61. The Labute approximate surface area is 222 Å². The second-order valence-corrected chi connectivity index (χ2v) is 11.9. The molecule has 1 fully saturated rings. The summed E-state index contributed by atoms with van der Waals surface area (Å²) in [6, 6.07) is 17.6. The highest BCUT2D eigenvalue weighted by Crippen LogP contribution is 2.51. The molecule has 0 saturated carbocycles. The van der Waals surface area contributed by atoms with Crippen molar-refractivity contribution in [2.45, 2.75) is 96.8 Å². The van der Waals surface area contributed by atoms with Crippen molar-refractivity contribution in [1.82, 2.24) is 4.90 Å². The number of carbonyl (C=O) groups is 1. The van der Waals surface area contributed by atoms with Crippen molar-refractivity contribution in [3.8, 4) is 11.5 Å². The van der Waals surface area contributed by atoms with Gasteiger partial charge in [0, 0.05) is 6.54 Å². The molecule has 0 aliphatic carbocycles. The van der Waals surface area contributed by atoms with Crippen LogP contribution in [0.25, 0.3) is 0 Å². The van der Waals surface area contributed by atoms with Crippen LogP contribution >= 0.6 is 7.82 Å². The summed E-state index contributed by atoms with van der Waals surface area (Å²) in [7, 11) is -4.20. The van der Waals surface area contributed by atoms with Crippen molar-refractivity contribution in [1.29, 1.82) is 0 Å². The minimum atomic E-state index is -4.20. The first-order chi connectivity index (χ1) is 17.7. The number of ether oxygens (including phenoxy) is 1. The molecule has 2 aromatic carbocycles. The predicted octanol–water partition coefficient (Wildman–Crippen LogP) is 8.75. The summed E-state index contributed by atoms with van der Waals surface area (Å²) in [6.45, 7) is 5.95. The molecule has 2 aromatic rings. The maximum absolute atomic E-state index is 14.2. The zero-order valence-electron chi connectivity index (χ0n) is 22.5. The molecule has 0 N–H and O–H groups in total. The molecular formula is C29H42NO6P. The number of hydrogen-bond donors (Lipinski definition) is 0. The monoisotopic (exact) mass is 531 g/mol. The van der Waals surface area contributed by atoms with E-state index in [4.69, 9.17) is 18.3 Å². The van der Waals surface area contributed by atoms with Crippen molar-refractivity contribution in [2.75, 3.05) is 6.54 Å². The van der Waals surface area contributed by atoms with Gasteiger partial charge in [-0.05, 0) is 64.3 Å². The molecule has 8 heteroatoms. The molecule has 7 nitrogen and oxygen atoms in total. The van der Waals surface area contributed by atoms with E-state index in [-0.39, 0.29) is 0 Å². The van der Waals surface area contributed by atoms with Crippen molar-refractivity contribution in [3.63, 3.8) is 0 Å². The maximum Gasteiger partial charge on any atom is 0.589 e. The summed E-state index contributed by atoms with van der Waals surface area (Å²) < 4.78 is 37.8. The lowest BCUT2D eigenvalue weighted by Crippen LogP contribution is -2.45. The molecular weight excluding hydrogens is 489 g/mol. The first-order valence-electron chi connectivity index (χ1n) is 13.5. The Morgan fingerprint density at radius 2 is 1.22 bits per heavy atom. The summed E-state index contributed by atoms with van der Waals surface area (Å²) in [5.74, 6) is 0.713. The van der Waals surface area contributed by atoms with E-state index in [9.17, 15) is 9.36 Å². The van der Waals surface area contributed by atoms with Gasteiger partial charge in [0.25, 0.3) is 0 Å². The van der Waals surface area contributed by atoms with Gasteiger partial charge >= 0.3 is 13.9 Å². The van der Waals surface area contributed by atoms with Crippen LogP contribution in [0.1, 0.15) is 85.0 Å². The van der Waals surface area contributed by atoms with Crippen LogP contribution in [0.3, 0.4) is 0 Å². The molecule has 37 heavy (non-hydrogen) atoms. The van der Waals surface area contributed by atoms with Gasteiger partial charge in [-0.1, -0.05) is 81.3 Å². The molecule has 3 rings (SSSR count). The lowest BCUT2D eigenvalue weighted by Gasteiger charge is -2.34. The third-order valence-corrected chi connectivity index (χ3v) is 7.37. The number of nitrogens with zero attached hydrogens (tertiary/aromatic N) is 1. The van der Waals surface area contributed by atoms with Gasteiger partial charge in [0.2, 0.25) is 0 Å². The number of para-hydroxylation sites is 2. The smallest absolute Gasteiger partial charge is 0.444 e. The fraction of sp³-hybridized carbons (Fsp3) is 0.552. The minimum Gasteiger partial charge on any atom is -0.444 e. The molecule has 1 unspecified atom stereocenters. The molecule has 1 amide bonds. The van der Waals surface area contributed by atoms with Crippen molar-refractivity contribution in [3.05, 3.63) is 60.7 Å². The van der Waals surface area contributed by atoms with Crippen LogP contribution in [0.15, 0.2) is 60.7 Å². The molecule has 1 aliphatic heterocycles. The normalized spacial score (nSPS) is 18.6. The highest BCUT2D eigenvalue weighted by atomic mass is 31.2. The minimum absolute atomic E-state index is 0.357. The van der Waals surface area contributed by atoms with E-state index in [1.54, 1.807) is 53.4 Å². The molecule has 1 aliphatic rings. The molecule has 1 atom stereocenters. The Morgan fingerprint density at radius 1 is 0.757 bits per heavy atom.